The summed E-state index contributed by atoms with van der Waals surface area (Å²) in [7, 11) is 0. The van der Waals surface area contributed by atoms with E-state index in [1.54, 1.807) is 0 Å². The fourth-order valence-corrected chi connectivity index (χ4v) is 2.57. The van der Waals surface area contributed by atoms with E-state index in [0.29, 0.717) is 0 Å². The summed E-state index contributed by atoms with van der Waals surface area (Å²) in [6, 6.07) is 19.0. The van der Waals surface area contributed by atoms with Crippen LogP contribution >= 0.6 is 0 Å². The number of aromatic amines is 1. The summed E-state index contributed by atoms with van der Waals surface area (Å²) in [6.45, 7) is 0. The largest absolute Gasteiger partial charge is 0.361 e. The number of hydrogen-bond donors (Lipinski definition) is 2. The van der Waals surface area contributed by atoms with Crippen molar-refractivity contribution in [3.05, 3.63) is 71.9 Å². The second kappa shape index (κ2) is 5.29. The Morgan fingerprint density at radius 1 is 0.895 bits per heavy atom. The average molecular weight is 250 g/mol. The number of para-hydroxylation sites is 1. The van der Waals surface area contributed by atoms with Crippen LogP contribution < -0.4 is 5.73 Å². The first-order valence-corrected chi connectivity index (χ1v) is 6.67. The molecule has 0 aliphatic heterocycles. The number of rotatable bonds is 4. The molecule has 3 aromatic rings. The zero-order valence-corrected chi connectivity index (χ0v) is 10.8. The molecular weight excluding hydrogens is 232 g/mol. The zero-order chi connectivity index (χ0) is 13.1. The molecule has 1 unspecified atom stereocenters. The van der Waals surface area contributed by atoms with Gasteiger partial charge in [-0.15, -0.1) is 0 Å². The molecule has 1 heterocycles. The summed E-state index contributed by atoms with van der Waals surface area (Å²) >= 11 is 0. The SMILES string of the molecule is NC(Cc1ccccc1)Cc1c[nH]c2ccccc12. The van der Waals surface area contributed by atoms with Gasteiger partial charge in [0.15, 0.2) is 0 Å². The first kappa shape index (κ1) is 12.0. The molecule has 0 aliphatic rings. The highest BCUT2D eigenvalue weighted by Crippen LogP contribution is 2.19. The van der Waals surface area contributed by atoms with Crippen molar-refractivity contribution in [3.8, 4) is 0 Å². The lowest BCUT2D eigenvalue weighted by molar-refractivity contribution is 0.667. The van der Waals surface area contributed by atoms with Crippen molar-refractivity contribution in [2.75, 3.05) is 0 Å². The average Bonchev–Trinajstić information content (AvgIpc) is 2.83. The van der Waals surface area contributed by atoms with Crippen molar-refractivity contribution < 1.29 is 0 Å². The Labute approximate surface area is 113 Å². The number of H-pyrrole nitrogens is 1. The molecule has 3 rings (SSSR count). The highest BCUT2D eigenvalue weighted by atomic mass is 14.7. The Morgan fingerprint density at radius 2 is 1.63 bits per heavy atom. The van der Waals surface area contributed by atoms with Crippen LogP contribution in [0.25, 0.3) is 10.9 Å². The van der Waals surface area contributed by atoms with Gasteiger partial charge >= 0.3 is 0 Å². The van der Waals surface area contributed by atoms with Gasteiger partial charge in [0, 0.05) is 23.1 Å². The van der Waals surface area contributed by atoms with Crippen LogP contribution in [0.3, 0.4) is 0 Å². The Bertz CT molecular complexity index is 655. The second-order valence-corrected chi connectivity index (χ2v) is 5.01. The molecule has 2 heteroatoms. The van der Waals surface area contributed by atoms with Gasteiger partial charge in [-0.3, -0.25) is 0 Å². The highest BCUT2D eigenvalue weighted by molar-refractivity contribution is 5.83. The summed E-state index contributed by atoms with van der Waals surface area (Å²) in [5, 5.41) is 1.28. The molecule has 1 atom stereocenters. The summed E-state index contributed by atoms with van der Waals surface area (Å²) in [4.78, 5) is 3.30. The van der Waals surface area contributed by atoms with E-state index in [-0.39, 0.29) is 6.04 Å². The maximum Gasteiger partial charge on any atom is 0.0456 e. The Hall–Kier alpha value is -2.06. The number of nitrogens with two attached hydrogens (primary N) is 1. The molecule has 0 fully saturated rings. The molecule has 0 saturated heterocycles. The molecule has 0 spiro atoms. The number of hydrogen-bond acceptors (Lipinski definition) is 1. The van der Waals surface area contributed by atoms with Crippen LogP contribution in [-0.2, 0) is 12.8 Å². The molecule has 0 amide bonds. The number of nitrogens with one attached hydrogen (secondary N) is 1. The molecule has 2 nitrogen and oxygen atoms in total. The van der Waals surface area contributed by atoms with Crippen LogP contribution in [0.2, 0.25) is 0 Å². The van der Waals surface area contributed by atoms with Crippen LogP contribution in [0, 0.1) is 0 Å². The molecule has 0 aliphatic carbocycles. The quantitative estimate of drug-likeness (QED) is 0.733. The van der Waals surface area contributed by atoms with Gasteiger partial charge < -0.3 is 10.7 Å². The number of aromatic nitrogens is 1. The third-order valence-electron chi connectivity index (χ3n) is 3.50. The first-order valence-electron chi connectivity index (χ1n) is 6.67. The maximum atomic E-state index is 6.27. The molecule has 19 heavy (non-hydrogen) atoms. The predicted octanol–water partition coefficient (Wildman–Crippen LogP) is 3.28. The third-order valence-corrected chi connectivity index (χ3v) is 3.50. The van der Waals surface area contributed by atoms with E-state index in [9.17, 15) is 0 Å². The van der Waals surface area contributed by atoms with E-state index >= 15 is 0 Å². The van der Waals surface area contributed by atoms with Crippen LogP contribution in [0.1, 0.15) is 11.1 Å². The summed E-state index contributed by atoms with van der Waals surface area (Å²) in [5.74, 6) is 0. The Morgan fingerprint density at radius 3 is 2.47 bits per heavy atom. The molecule has 96 valence electrons. The van der Waals surface area contributed by atoms with E-state index in [4.69, 9.17) is 5.73 Å². The number of benzene rings is 2. The van der Waals surface area contributed by atoms with Gasteiger partial charge in [-0.2, -0.15) is 0 Å². The van der Waals surface area contributed by atoms with E-state index in [2.05, 4.69) is 53.6 Å². The normalized spacial score (nSPS) is 12.7. The van der Waals surface area contributed by atoms with Gasteiger partial charge in [0.2, 0.25) is 0 Å². The van der Waals surface area contributed by atoms with Crippen molar-refractivity contribution in [1.82, 2.24) is 4.98 Å². The predicted molar refractivity (Wildman–Crippen MR) is 80.1 cm³/mol. The first-order chi connectivity index (χ1) is 9.33. The topological polar surface area (TPSA) is 41.8 Å². The molecule has 0 saturated carbocycles. The Balaban J connectivity index is 1.74. The second-order valence-electron chi connectivity index (χ2n) is 5.01. The lowest BCUT2D eigenvalue weighted by atomic mass is 9.99. The van der Waals surface area contributed by atoms with E-state index in [0.717, 1.165) is 12.8 Å². The van der Waals surface area contributed by atoms with Crippen molar-refractivity contribution in [2.45, 2.75) is 18.9 Å². The summed E-state index contributed by atoms with van der Waals surface area (Å²) in [6.07, 6.45) is 3.90. The van der Waals surface area contributed by atoms with Crippen molar-refractivity contribution in [1.29, 1.82) is 0 Å². The van der Waals surface area contributed by atoms with Gasteiger partial charge in [-0.25, -0.2) is 0 Å². The van der Waals surface area contributed by atoms with Gasteiger partial charge in [0.25, 0.3) is 0 Å². The van der Waals surface area contributed by atoms with E-state index in [1.807, 2.05) is 12.1 Å². The highest BCUT2D eigenvalue weighted by Gasteiger charge is 2.09. The Kier molecular flexibility index (Phi) is 3.34. The third kappa shape index (κ3) is 2.69. The van der Waals surface area contributed by atoms with Crippen molar-refractivity contribution >= 4 is 10.9 Å². The zero-order valence-electron chi connectivity index (χ0n) is 10.8. The van der Waals surface area contributed by atoms with Crippen molar-refractivity contribution in [3.63, 3.8) is 0 Å². The summed E-state index contributed by atoms with van der Waals surface area (Å²) in [5.41, 5.74) is 10.1. The fraction of sp³-hybridized carbons (Fsp3) is 0.176. The molecule has 0 radical (unpaired) electrons. The van der Waals surface area contributed by atoms with Crippen LogP contribution in [0.4, 0.5) is 0 Å². The van der Waals surface area contributed by atoms with Gasteiger partial charge in [-0.1, -0.05) is 48.5 Å². The van der Waals surface area contributed by atoms with Gasteiger partial charge in [-0.05, 0) is 30.0 Å². The smallest absolute Gasteiger partial charge is 0.0456 e. The molecule has 3 N–H and O–H groups in total. The fourth-order valence-electron chi connectivity index (χ4n) is 2.57. The van der Waals surface area contributed by atoms with Gasteiger partial charge in [0.1, 0.15) is 0 Å². The molecule has 1 aromatic heterocycles. The van der Waals surface area contributed by atoms with E-state index < -0.39 is 0 Å². The minimum absolute atomic E-state index is 0.154. The van der Waals surface area contributed by atoms with Gasteiger partial charge in [0.05, 0.1) is 0 Å². The minimum Gasteiger partial charge on any atom is -0.361 e. The van der Waals surface area contributed by atoms with E-state index in [1.165, 1.54) is 22.0 Å². The summed E-state index contributed by atoms with van der Waals surface area (Å²) < 4.78 is 0. The van der Waals surface area contributed by atoms with Crippen LogP contribution in [0.5, 0.6) is 0 Å². The minimum atomic E-state index is 0.154. The molecular formula is C17H18N2. The van der Waals surface area contributed by atoms with Crippen LogP contribution in [-0.4, -0.2) is 11.0 Å². The molecule has 0 bridgehead atoms. The van der Waals surface area contributed by atoms with Crippen LogP contribution in [0.15, 0.2) is 60.8 Å². The lowest BCUT2D eigenvalue weighted by Gasteiger charge is -2.11. The standard InChI is InChI=1S/C17H18N2/c18-15(10-13-6-2-1-3-7-13)11-14-12-19-17-9-5-4-8-16(14)17/h1-9,12,15,19H,10-11,18H2. The monoisotopic (exact) mass is 250 g/mol. The maximum absolute atomic E-state index is 6.27. The number of fused-ring (bicyclic) bond motifs is 1. The molecule has 2 aromatic carbocycles. The van der Waals surface area contributed by atoms with Crippen molar-refractivity contribution in [2.24, 2.45) is 5.73 Å². The lowest BCUT2D eigenvalue weighted by Crippen LogP contribution is -2.25.